The van der Waals surface area contributed by atoms with E-state index in [1.165, 1.54) is 0 Å². The number of fused-ring (bicyclic) bond motifs is 1. The minimum absolute atomic E-state index is 0.211. The summed E-state index contributed by atoms with van der Waals surface area (Å²) in [7, 11) is 0. The third-order valence-corrected chi connectivity index (χ3v) is 3.71. The van der Waals surface area contributed by atoms with Gasteiger partial charge in [-0.05, 0) is 18.9 Å². The van der Waals surface area contributed by atoms with E-state index in [0.29, 0.717) is 12.8 Å². The molecular weight excluding hydrogens is 242 g/mol. The highest BCUT2D eigenvalue weighted by Gasteiger charge is 2.25. The van der Waals surface area contributed by atoms with Gasteiger partial charge in [0, 0.05) is 18.5 Å². The van der Waals surface area contributed by atoms with Gasteiger partial charge in [-0.3, -0.25) is 4.79 Å². The van der Waals surface area contributed by atoms with Crippen LogP contribution in [0.2, 0.25) is 0 Å². The molecule has 0 saturated carbocycles. The van der Waals surface area contributed by atoms with Crippen LogP contribution in [0.5, 0.6) is 0 Å². The molecule has 19 heavy (non-hydrogen) atoms. The van der Waals surface area contributed by atoms with E-state index in [1.54, 1.807) is 6.20 Å². The van der Waals surface area contributed by atoms with Crippen LogP contribution in [0.25, 0.3) is 10.9 Å². The van der Waals surface area contributed by atoms with Crippen LogP contribution in [0.3, 0.4) is 0 Å². The van der Waals surface area contributed by atoms with Crippen molar-refractivity contribution >= 4 is 22.6 Å². The SMILES string of the molecule is O=C(O)C1CCN(c2cnnc3ccccc23)CC1. The van der Waals surface area contributed by atoms with Crippen LogP contribution < -0.4 is 4.90 Å². The average molecular weight is 257 g/mol. The van der Waals surface area contributed by atoms with Gasteiger partial charge < -0.3 is 10.0 Å². The third kappa shape index (κ3) is 2.23. The molecule has 0 unspecified atom stereocenters. The van der Waals surface area contributed by atoms with Crippen molar-refractivity contribution in [3.8, 4) is 0 Å². The lowest BCUT2D eigenvalue weighted by Crippen LogP contribution is -2.36. The molecule has 1 aromatic heterocycles. The van der Waals surface area contributed by atoms with E-state index in [0.717, 1.165) is 29.7 Å². The maximum absolute atomic E-state index is 11.0. The van der Waals surface area contributed by atoms with Crippen molar-refractivity contribution in [1.82, 2.24) is 10.2 Å². The summed E-state index contributed by atoms with van der Waals surface area (Å²) in [5.74, 6) is -0.894. The van der Waals surface area contributed by atoms with Gasteiger partial charge in [-0.25, -0.2) is 0 Å². The van der Waals surface area contributed by atoms with Gasteiger partial charge in [-0.2, -0.15) is 10.2 Å². The molecule has 3 rings (SSSR count). The number of anilines is 1. The Morgan fingerprint density at radius 3 is 2.74 bits per heavy atom. The zero-order valence-electron chi connectivity index (χ0n) is 10.5. The second kappa shape index (κ2) is 4.84. The molecule has 0 amide bonds. The molecule has 0 spiro atoms. The van der Waals surface area contributed by atoms with Crippen molar-refractivity contribution in [2.75, 3.05) is 18.0 Å². The van der Waals surface area contributed by atoms with Crippen molar-refractivity contribution in [2.45, 2.75) is 12.8 Å². The first kappa shape index (κ1) is 11.9. The normalized spacial score (nSPS) is 16.7. The molecule has 1 aliphatic heterocycles. The lowest BCUT2D eigenvalue weighted by molar-refractivity contribution is -0.142. The van der Waals surface area contributed by atoms with Gasteiger partial charge in [-0.1, -0.05) is 18.2 Å². The Morgan fingerprint density at radius 1 is 1.26 bits per heavy atom. The highest BCUT2D eigenvalue weighted by atomic mass is 16.4. The Balaban J connectivity index is 1.88. The van der Waals surface area contributed by atoms with Crippen molar-refractivity contribution < 1.29 is 9.90 Å². The van der Waals surface area contributed by atoms with E-state index in [9.17, 15) is 4.79 Å². The minimum atomic E-state index is -0.683. The second-order valence-corrected chi connectivity index (χ2v) is 4.85. The first-order valence-electron chi connectivity index (χ1n) is 6.44. The predicted octanol–water partition coefficient (Wildman–Crippen LogP) is 1.93. The number of aromatic nitrogens is 2. The molecule has 0 radical (unpaired) electrons. The number of hydrogen-bond donors (Lipinski definition) is 1. The molecule has 5 heteroatoms. The first-order chi connectivity index (χ1) is 9.25. The summed E-state index contributed by atoms with van der Waals surface area (Å²) in [5.41, 5.74) is 1.93. The Morgan fingerprint density at radius 2 is 2.00 bits per heavy atom. The molecule has 1 fully saturated rings. The van der Waals surface area contributed by atoms with Gasteiger partial charge >= 0.3 is 5.97 Å². The molecule has 2 aromatic rings. The van der Waals surface area contributed by atoms with Crippen molar-refractivity contribution in [3.63, 3.8) is 0 Å². The fourth-order valence-corrected chi connectivity index (χ4v) is 2.61. The number of hydrogen-bond acceptors (Lipinski definition) is 4. The Hall–Kier alpha value is -2.17. The molecule has 5 nitrogen and oxygen atoms in total. The van der Waals surface area contributed by atoms with Crippen LogP contribution >= 0.6 is 0 Å². The summed E-state index contributed by atoms with van der Waals surface area (Å²) in [6.45, 7) is 1.51. The number of carboxylic acids is 1. The van der Waals surface area contributed by atoms with Crippen LogP contribution in [-0.2, 0) is 4.79 Å². The molecule has 98 valence electrons. The monoisotopic (exact) mass is 257 g/mol. The molecule has 2 heterocycles. The molecule has 1 aromatic carbocycles. The van der Waals surface area contributed by atoms with E-state index >= 15 is 0 Å². The van der Waals surface area contributed by atoms with E-state index in [4.69, 9.17) is 5.11 Å². The maximum atomic E-state index is 11.0. The Bertz CT molecular complexity index is 601. The minimum Gasteiger partial charge on any atom is -0.481 e. The van der Waals surface area contributed by atoms with Crippen LogP contribution in [0.15, 0.2) is 30.5 Å². The highest BCUT2D eigenvalue weighted by molar-refractivity contribution is 5.90. The molecule has 1 saturated heterocycles. The summed E-state index contributed by atoms with van der Waals surface area (Å²) < 4.78 is 0. The van der Waals surface area contributed by atoms with E-state index in [1.807, 2.05) is 24.3 Å². The van der Waals surface area contributed by atoms with E-state index in [2.05, 4.69) is 15.1 Å². The molecule has 1 N–H and O–H groups in total. The Kier molecular flexibility index (Phi) is 3.03. The summed E-state index contributed by atoms with van der Waals surface area (Å²) >= 11 is 0. The van der Waals surface area contributed by atoms with Crippen LogP contribution in [0, 0.1) is 5.92 Å². The maximum Gasteiger partial charge on any atom is 0.306 e. The van der Waals surface area contributed by atoms with E-state index < -0.39 is 5.97 Å². The Labute approximate surface area is 110 Å². The van der Waals surface area contributed by atoms with Crippen molar-refractivity contribution in [2.24, 2.45) is 5.92 Å². The van der Waals surface area contributed by atoms with E-state index in [-0.39, 0.29) is 5.92 Å². The van der Waals surface area contributed by atoms with Crippen molar-refractivity contribution in [3.05, 3.63) is 30.5 Å². The fourth-order valence-electron chi connectivity index (χ4n) is 2.61. The topological polar surface area (TPSA) is 66.3 Å². The number of benzene rings is 1. The lowest BCUT2D eigenvalue weighted by Gasteiger charge is -2.32. The first-order valence-corrected chi connectivity index (χ1v) is 6.44. The lowest BCUT2D eigenvalue weighted by atomic mass is 9.96. The van der Waals surface area contributed by atoms with Gasteiger partial charge in [0.05, 0.1) is 23.3 Å². The summed E-state index contributed by atoms with van der Waals surface area (Å²) in [4.78, 5) is 13.2. The van der Waals surface area contributed by atoms with Gasteiger partial charge in [0.25, 0.3) is 0 Å². The smallest absolute Gasteiger partial charge is 0.306 e. The number of aliphatic carboxylic acids is 1. The molecule has 1 aliphatic rings. The standard InChI is InChI=1S/C14H15N3O2/c18-14(19)10-5-7-17(8-6-10)13-9-15-16-12-4-2-1-3-11(12)13/h1-4,9-10H,5-8H2,(H,18,19). The predicted molar refractivity (Wildman–Crippen MR) is 72.1 cm³/mol. The quantitative estimate of drug-likeness (QED) is 0.890. The van der Waals surface area contributed by atoms with Crippen LogP contribution in [0.1, 0.15) is 12.8 Å². The number of piperidine rings is 1. The van der Waals surface area contributed by atoms with Crippen molar-refractivity contribution in [1.29, 1.82) is 0 Å². The van der Waals surface area contributed by atoms with Gasteiger partial charge in [0.1, 0.15) is 0 Å². The number of nitrogens with zero attached hydrogens (tertiary/aromatic N) is 3. The van der Waals surface area contributed by atoms with Gasteiger partial charge in [-0.15, -0.1) is 0 Å². The number of carboxylic acid groups (broad SMARTS) is 1. The molecule has 0 aliphatic carbocycles. The summed E-state index contributed by atoms with van der Waals surface area (Å²) in [6.07, 6.45) is 3.14. The third-order valence-electron chi connectivity index (χ3n) is 3.71. The summed E-state index contributed by atoms with van der Waals surface area (Å²) in [5, 5.41) is 18.2. The average Bonchev–Trinajstić information content (AvgIpc) is 2.47. The fraction of sp³-hybridized carbons (Fsp3) is 0.357. The number of carbonyl (C=O) groups is 1. The largest absolute Gasteiger partial charge is 0.481 e. The van der Waals surface area contributed by atoms with Crippen LogP contribution in [0.4, 0.5) is 5.69 Å². The zero-order valence-corrected chi connectivity index (χ0v) is 10.5. The summed E-state index contributed by atoms with van der Waals surface area (Å²) in [6, 6.07) is 7.90. The highest BCUT2D eigenvalue weighted by Crippen LogP contribution is 2.28. The second-order valence-electron chi connectivity index (χ2n) is 4.85. The molecule has 0 bridgehead atoms. The van der Waals surface area contributed by atoms with Gasteiger partial charge in [0.15, 0.2) is 0 Å². The number of rotatable bonds is 2. The molecule has 0 atom stereocenters. The zero-order chi connectivity index (χ0) is 13.2. The van der Waals surface area contributed by atoms with Crippen LogP contribution in [-0.4, -0.2) is 34.4 Å². The molecular formula is C14H15N3O2. The van der Waals surface area contributed by atoms with Gasteiger partial charge in [0.2, 0.25) is 0 Å².